The first-order valence-corrected chi connectivity index (χ1v) is 10.6. The molecule has 1 aliphatic carbocycles. The zero-order valence-electron chi connectivity index (χ0n) is 16.7. The van der Waals surface area contributed by atoms with E-state index in [2.05, 4.69) is 47.7 Å². The first-order valence-electron chi connectivity index (χ1n) is 9.77. The molecule has 0 unspecified atom stereocenters. The van der Waals surface area contributed by atoms with Gasteiger partial charge >= 0.3 is 6.36 Å². The maximum absolute atomic E-state index is 12.5. The Morgan fingerprint density at radius 1 is 1.25 bits per heavy atom. The van der Waals surface area contributed by atoms with Gasteiger partial charge in [0.15, 0.2) is 0 Å². The summed E-state index contributed by atoms with van der Waals surface area (Å²) < 4.78 is 47.0. The molecular formula is C21H18BrF3N4O3. The number of ether oxygens (including phenoxy) is 1. The number of fused-ring (bicyclic) bond motifs is 1. The Morgan fingerprint density at radius 3 is 2.78 bits per heavy atom. The van der Waals surface area contributed by atoms with Crippen molar-refractivity contribution < 1.29 is 27.1 Å². The minimum Gasteiger partial charge on any atom is -0.425 e. The zero-order valence-corrected chi connectivity index (χ0v) is 18.2. The Morgan fingerprint density at radius 2 is 2.03 bits per heavy atom. The SMILES string of the molecule is C=C(CCc1nnc(C2CC(OC(F)(F)F)C2)o1)NC(=O)c1cc2ccc(Br)cc2cn1. The lowest BCUT2D eigenvalue weighted by atomic mass is 9.82. The quantitative estimate of drug-likeness (QED) is 0.478. The summed E-state index contributed by atoms with van der Waals surface area (Å²) in [5, 5.41) is 12.3. The average Bonchev–Trinajstić information content (AvgIpc) is 3.16. The minimum atomic E-state index is -4.64. The second-order valence-corrected chi connectivity index (χ2v) is 8.42. The fourth-order valence-electron chi connectivity index (χ4n) is 3.37. The molecule has 1 fully saturated rings. The lowest BCUT2D eigenvalue weighted by molar-refractivity contribution is -0.352. The Balaban J connectivity index is 1.26. The lowest BCUT2D eigenvalue weighted by Crippen LogP contribution is -2.34. The van der Waals surface area contributed by atoms with Crippen LogP contribution in [0.5, 0.6) is 0 Å². The number of carbonyl (C=O) groups excluding carboxylic acids is 1. The summed E-state index contributed by atoms with van der Waals surface area (Å²) in [6.07, 6.45) is -2.84. The molecule has 0 saturated heterocycles. The van der Waals surface area contributed by atoms with E-state index in [1.807, 2.05) is 18.2 Å². The maximum atomic E-state index is 12.5. The highest BCUT2D eigenvalue weighted by atomic mass is 79.9. The summed E-state index contributed by atoms with van der Waals surface area (Å²) >= 11 is 3.40. The second-order valence-electron chi connectivity index (χ2n) is 7.51. The molecule has 0 spiro atoms. The smallest absolute Gasteiger partial charge is 0.425 e. The van der Waals surface area contributed by atoms with Crippen molar-refractivity contribution in [2.75, 3.05) is 0 Å². The van der Waals surface area contributed by atoms with E-state index in [9.17, 15) is 18.0 Å². The fraction of sp³-hybridized carbons (Fsp3) is 0.333. The van der Waals surface area contributed by atoms with Crippen molar-refractivity contribution in [2.24, 2.45) is 0 Å². The summed E-state index contributed by atoms with van der Waals surface area (Å²) in [4.78, 5) is 16.7. The van der Waals surface area contributed by atoms with Gasteiger partial charge in [-0.3, -0.25) is 14.5 Å². The van der Waals surface area contributed by atoms with Gasteiger partial charge in [-0.2, -0.15) is 0 Å². The average molecular weight is 511 g/mol. The van der Waals surface area contributed by atoms with Crippen molar-refractivity contribution in [3.8, 4) is 0 Å². The zero-order chi connectivity index (χ0) is 22.9. The van der Waals surface area contributed by atoms with Crippen molar-refractivity contribution >= 4 is 32.6 Å². The number of pyridine rings is 1. The fourth-order valence-corrected chi connectivity index (χ4v) is 3.75. The van der Waals surface area contributed by atoms with Crippen LogP contribution >= 0.6 is 15.9 Å². The van der Waals surface area contributed by atoms with Crippen LogP contribution in [0, 0.1) is 0 Å². The van der Waals surface area contributed by atoms with E-state index < -0.39 is 12.5 Å². The molecule has 32 heavy (non-hydrogen) atoms. The molecule has 4 rings (SSSR count). The van der Waals surface area contributed by atoms with Crippen LogP contribution in [0.1, 0.15) is 47.5 Å². The summed E-state index contributed by atoms with van der Waals surface area (Å²) in [5.74, 6) is -0.00372. The molecule has 0 aliphatic heterocycles. The van der Waals surface area contributed by atoms with Crippen LogP contribution in [0.3, 0.4) is 0 Å². The van der Waals surface area contributed by atoms with Crippen molar-refractivity contribution in [3.05, 3.63) is 64.7 Å². The van der Waals surface area contributed by atoms with Crippen LogP contribution in [0.15, 0.2) is 51.6 Å². The number of aromatic nitrogens is 3. The maximum Gasteiger partial charge on any atom is 0.522 e. The van der Waals surface area contributed by atoms with Gasteiger partial charge in [0.1, 0.15) is 5.69 Å². The second kappa shape index (κ2) is 8.99. The Kier molecular flexibility index (Phi) is 6.29. The van der Waals surface area contributed by atoms with E-state index in [0.29, 0.717) is 30.3 Å². The minimum absolute atomic E-state index is 0.180. The molecule has 0 bridgehead atoms. The van der Waals surface area contributed by atoms with E-state index in [1.54, 1.807) is 12.3 Å². The van der Waals surface area contributed by atoms with Gasteiger partial charge in [-0.1, -0.05) is 28.6 Å². The predicted octanol–water partition coefficient (Wildman–Crippen LogP) is 5.04. The predicted molar refractivity (Wildman–Crippen MR) is 112 cm³/mol. The molecule has 168 valence electrons. The first-order chi connectivity index (χ1) is 15.2. The number of hydrogen-bond donors (Lipinski definition) is 1. The molecule has 1 amide bonds. The standard InChI is InChI=1S/C21H18BrF3N4O3/c1-11(27-19(30)17-9-12-3-4-15(22)6-14(12)10-26-17)2-5-18-28-29-20(31-18)13-7-16(8-13)32-21(23,24)25/h3-4,6,9-10,13,16H,1-2,5,7-8H2,(H,27,30). The highest BCUT2D eigenvalue weighted by molar-refractivity contribution is 9.10. The van der Waals surface area contributed by atoms with Crippen molar-refractivity contribution in [3.63, 3.8) is 0 Å². The highest BCUT2D eigenvalue weighted by Crippen LogP contribution is 2.40. The Bertz CT molecular complexity index is 1160. The van der Waals surface area contributed by atoms with Gasteiger partial charge < -0.3 is 9.73 Å². The van der Waals surface area contributed by atoms with Gasteiger partial charge in [0.25, 0.3) is 5.91 Å². The number of benzene rings is 1. The van der Waals surface area contributed by atoms with Crippen molar-refractivity contribution in [2.45, 2.75) is 44.1 Å². The van der Waals surface area contributed by atoms with Gasteiger partial charge in [0, 0.05) is 34.1 Å². The van der Waals surface area contributed by atoms with E-state index in [1.165, 1.54) is 0 Å². The van der Waals surface area contributed by atoms with E-state index >= 15 is 0 Å². The molecule has 1 saturated carbocycles. The number of aryl methyl sites for hydroxylation is 1. The topological polar surface area (TPSA) is 90.1 Å². The van der Waals surface area contributed by atoms with Crippen LogP contribution in [0.25, 0.3) is 10.8 Å². The number of alkyl halides is 3. The third-order valence-corrected chi connectivity index (χ3v) is 5.57. The highest BCUT2D eigenvalue weighted by Gasteiger charge is 2.42. The van der Waals surface area contributed by atoms with E-state index in [-0.39, 0.29) is 30.4 Å². The molecule has 2 heterocycles. The molecule has 1 N–H and O–H groups in total. The molecule has 2 aromatic heterocycles. The summed E-state index contributed by atoms with van der Waals surface area (Å²) in [6.45, 7) is 3.84. The molecule has 0 radical (unpaired) electrons. The summed E-state index contributed by atoms with van der Waals surface area (Å²) in [7, 11) is 0. The number of amides is 1. The van der Waals surface area contributed by atoms with Gasteiger partial charge in [-0.25, -0.2) is 0 Å². The van der Waals surface area contributed by atoms with Crippen LogP contribution in [0.2, 0.25) is 0 Å². The molecule has 7 nitrogen and oxygen atoms in total. The lowest BCUT2D eigenvalue weighted by Gasteiger charge is -2.32. The first kappa shape index (κ1) is 22.4. The van der Waals surface area contributed by atoms with Crippen molar-refractivity contribution in [1.82, 2.24) is 20.5 Å². The monoisotopic (exact) mass is 510 g/mol. The molecular weight excluding hydrogens is 493 g/mol. The third kappa shape index (κ3) is 5.52. The Hall–Kier alpha value is -2.79. The summed E-state index contributed by atoms with van der Waals surface area (Å²) in [5.41, 5.74) is 0.719. The number of hydrogen-bond acceptors (Lipinski definition) is 6. The van der Waals surface area contributed by atoms with Crippen LogP contribution in [-0.2, 0) is 11.2 Å². The molecule has 1 aliphatic rings. The van der Waals surface area contributed by atoms with Crippen LogP contribution < -0.4 is 5.32 Å². The number of nitrogens with one attached hydrogen (secondary N) is 1. The van der Waals surface area contributed by atoms with E-state index in [4.69, 9.17) is 4.42 Å². The van der Waals surface area contributed by atoms with Gasteiger partial charge in [-0.15, -0.1) is 23.4 Å². The number of nitrogens with zero attached hydrogens (tertiary/aromatic N) is 3. The molecule has 1 aromatic carbocycles. The molecule has 0 atom stereocenters. The Labute approximate surface area is 189 Å². The normalized spacial score (nSPS) is 18.4. The molecule has 11 heteroatoms. The molecule has 3 aromatic rings. The van der Waals surface area contributed by atoms with Gasteiger partial charge in [-0.05, 0) is 42.8 Å². The third-order valence-electron chi connectivity index (χ3n) is 5.07. The number of halogens is 4. The summed E-state index contributed by atoms with van der Waals surface area (Å²) in [6, 6.07) is 7.38. The largest absolute Gasteiger partial charge is 0.522 e. The van der Waals surface area contributed by atoms with Gasteiger partial charge in [0.2, 0.25) is 11.8 Å². The van der Waals surface area contributed by atoms with E-state index in [0.717, 1.165) is 15.2 Å². The van der Waals surface area contributed by atoms with Crippen LogP contribution in [0.4, 0.5) is 13.2 Å². The number of rotatable bonds is 7. The van der Waals surface area contributed by atoms with Gasteiger partial charge in [0.05, 0.1) is 6.10 Å². The number of allylic oxidation sites excluding steroid dienone is 1. The number of carbonyl (C=O) groups is 1. The van der Waals surface area contributed by atoms with Crippen LogP contribution in [-0.4, -0.2) is 33.6 Å². The van der Waals surface area contributed by atoms with Crippen molar-refractivity contribution in [1.29, 1.82) is 0 Å².